The Bertz CT molecular complexity index is 395. The maximum absolute atomic E-state index is 11.9. The molecule has 2 aliphatic rings. The molecular weight excluding hydrogens is 224 g/mol. The Hall–Kier alpha value is -1.43. The number of carboxylic acid groups (broad SMARTS) is 1. The lowest BCUT2D eigenvalue weighted by atomic mass is 9.97. The lowest BCUT2D eigenvalue weighted by molar-refractivity contribution is -0.151. The quantitative estimate of drug-likeness (QED) is 0.669. The van der Waals surface area contributed by atoms with Gasteiger partial charge < -0.3 is 5.11 Å². The van der Waals surface area contributed by atoms with Crippen LogP contribution in [0.2, 0.25) is 0 Å². The van der Waals surface area contributed by atoms with Gasteiger partial charge in [0.25, 0.3) is 0 Å². The Morgan fingerprint density at radius 2 is 2.12 bits per heavy atom. The van der Waals surface area contributed by atoms with Crippen molar-refractivity contribution in [2.75, 3.05) is 13.6 Å². The summed E-state index contributed by atoms with van der Waals surface area (Å²) in [5, 5.41) is 9.27. The summed E-state index contributed by atoms with van der Waals surface area (Å²) in [6, 6.07) is -0.601. The van der Waals surface area contributed by atoms with E-state index in [2.05, 4.69) is 0 Å². The van der Waals surface area contributed by atoms with E-state index < -0.39 is 17.6 Å². The van der Waals surface area contributed by atoms with Crippen LogP contribution in [0.3, 0.4) is 0 Å². The van der Waals surface area contributed by atoms with E-state index in [0.29, 0.717) is 13.0 Å². The zero-order chi connectivity index (χ0) is 12.8. The van der Waals surface area contributed by atoms with E-state index in [1.54, 1.807) is 11.8 Å². The van der Waals surface area contributed by atoms with Crippen molar-refractivity contribution in [3.8, 4) is 0 Å². The Labute approximate surface area is 99.2 Å². The Morgan fingerprint density at radius 3 is 2.59 bits per heavy atom. The summed E-state index contributed by atoms with van der Waals surface area (Å²) in [5.41, 5.74) is -1.02. The number of nitrogens with zero attached hydrogens (tertiary/aromatic N) is 2. The van der Waals surface area contributed by atoms with E-state index in [9.17, 15) is 19.5 Å². The van der Waals surface area contributed by atoms with E-state index in [0.717, 1.165) is 11.3 Å². The van der Waals surface area contributed by atoms with Crippen LogP contribution in [0, 0.1) is 0 Å². The van der Waals surface area contributed by atoms with Gasteiger partial charge in [0.05, 0.1) is 12.5 Å². The van der Waals surface area contributed by atoms with Gasteiger partial charge in [0, 0.05) is 13.6 Å². The Morgan fingerprint density at radius 1 is 1.47 bits per heavy atom. The zero-order valence-corrected chi connectivity index (χ0v) is 9.97. The largest absolute Gasteiger partial charge is 0.480 e. The second-order valence-electron chi connectivity index (χ2n) is 4.89. The molecule has 2 heterocycles. The third-order valence-corrected chi connectivity index (χ3v) is 3.89. The fourth-order valence-corrected chi connectivity index (χ4v) is 2.69. The average molecular weight is 240 g/mol. The van der Waals surface area contributed by atoms with Gasteiger partial charge >= 0.3 is 5.97 Å². The molecule has 17 heavy (non-hydrogen) atoms. The number of imide groups is 1. The second-order valence-corrected chi connectivity index (χ2v) is 4.89. The summed E-state index contributed by atoms with van der Waals surface area (Å²) >= 11 is 0. The lowest BCUT2D eigenvalue weighted by Crippen LogP contribution is -2.54. The minimum atomic E-state index is -1.02. The standard InChI is InChI=1S/C11H16N2O4/c1-11(10(16)17)4-3-5-13(11)7-6-8(14)12(2)9(7)15/h7H,3-6H2,1-2H3,(H,16,17). The summed E-state index contributed by atoms with van der Waals surface area (Å²) in [6.45, 7) is 2.18. The van der Waals surface area contributed by atoms with E-state index in [-0.39, 0.29) is 18.2 Å². The fourth-order valence-electron chi connectivity index (χ4n) is 2.69. The molecule has 2 unspecified atom stereocenters. The van der Waals surface area contributed by atoms with Crippen LogP contribution < -0.4 is 0 Å². The van der Waals surface area contributed by atoms with Crippen molar-refractivity contribution in [1.29, 1.82) is 0 Å². The molecule has 0 aliphatic carbocycles. The SMILES string of the molecule is CN1C(=O)CC(N2CCCC2(C)C(=O)O)C1=O. The number of carbonyl (C=O) groups excluding carboxylic acids is 2. The Balaban J connectivity index is 2.26. The van der Waals surface area contributed by atoms with Crippen molar-refractivity contribution < 1.29 is 19.5 Å². The van der Waals surface area contributed by atoms with Crippen LogP contribution in [0.4, 0.5) is 0 Å². The number of likely N-dealkylation sites (tertiary alicyclic amines) is 2. The topological polar surface area (TPSA) is 77.9 Å². The van der Waals surface area contributed by atoms with Gasteiger partial charge in [-0.1, -0.05) is 0 Å². The molecular formula is C11H16N2O4. The monoisotopic (exact) mass is 240 g/mol. The van der Waals surface area contributed by atoms with Gasteiger partial charge in [-0.25, -0.2) is 0 Å². The summed E-state index contributed by atoms with van der Waals surface area (Å²) in [4.78, 5) is 37.4. The number of aliphatic carboxylic acids is 1. The van der Waals surface area contributed by atoms with E-state index in [1.165, 1.54) is 7.05 Å². The van der Waals surface area contributed by atoms with Gasteiger partial charge in [-0.2, -0.15) is 0 Å². The minimum Gasteiger partial charge on any atom is -0.480 e. The van der Waals surface area contributed by atoms with Crippen LogP contribution in [0.25, 0.3) is 0 Å². The number of rotatable bonds is 2. The van der Waals surface area contributed by atoms with Gasteiger partial charge in [0.15, 0.2) is 0 Å². The highest BCUT2D eigenvalue weighted by atomic mass is 16.4. The van der Waals surface area contributed by atoms with Crippen molar-refractivity contribution >= 4 is 17.8 Å². The Kier molecular flexibility index (Phi) is 2.69. The van der Waals surface area contributed by atoms with Crippen LogP contribution in [-0.2, 0) is 14.4 Å². The normalized spacial score (nSPS) is 34.7. The molecule has 94 valence electrons. The van der Waals surface area contributed by atoms with Crippen molar-refractivity contribution in [1.82, 2.24) is 9.80 Å². The predicted octanol–water partition coefficient (Wildman–Crippen LogP) is -0.317. The van der Waals surface area contributed by atoms with Crippen LogP contribution in [0.1, 0.15) is 26.2 Å². The summed E-state index contributed by atoms with van der Waals surface area (Å²) in [6.07, 6.45) is 1.35. The maximum atomic E-state index is 11.9. The number of likely N-dealkylation sites (N-methyl/N-ethyl adjacent to an activating group) is 1. The maximum Gasteiger partial charge on any atom is 0.323 e. The minimum absolute atomic E-state index is 0.0954. The highest BCUT2D eigenvalue weighted by Gasteiger charge is 2.51. The highest BCUT2D eigenvalue weighted by molar-refractivity contribution is 6.05. The first-order chi connectivity index (χ1) is 7.88. The van der Waals surface area contributed by atoms with Gasteiger partial charge in [-0.05, 0) is 19.8 Å². The molecule has 2 saturated heterocycles. The molecule has 0 spiro atoms. The zero-order valence-electron chi connectivity index (χ0n) is 9.97. The van der Waals surface area contributed by atoms with Gasteiger partial charge in [0.2, 0.25) is 11.8 Å². The molecule has 2 atom stereocenters. The molecule has 0 saturated carbocycles. The van der Waals surface area contributed by atoms with Crippen LogP contribution >= 0.6 is 0 Å². The summed E-state index contributed by atoms with van der Waals surface area (Å²) < 4.78 is 0. The lowest BCUT2D eigenvalue weighted by Gasteiger charge is -2.34. The molecule has 0 aromatic heterocycles. The van der Waals surface area contributed by atoms with E-state index in [4.69, 9.17) is 0 Å². The highest BCUT2D eigenvalue weighted by Crippen LogP contribution is 2.34. The van der Waals surface area contributed by atoms with Crippen molar-refractivity contribution in [2.45, 2.75) is 37.8 Å². The molecule has 2 aliphatic heterocycles. The third-order valence-electron chi connectivity index (χ3n) is 3.89. The van der Waals surface area contributed by atoms with Crippen molar-refractivity contribution in [3.63, 3.8) is 0 Å². The van der Waals surface area contributed by atoms with E-state index in [1.807, 2.05) is 0 Å². The molecule has 0 radical (unpaired) electrons. The number of carboxylic acids is 1. The van der Waals surface area contributed by atoms with Gasteiger partial charge in [-0.3, -0.25) is 24.2 Å². The molecule has 2 amide bonds. The molecule has 2 rings (SSSR count). The molecule has 0 aromatic carbocycles. The predicted molar refractivity (Wildman–Crippen MR) is 58.2 cm³/mol. The van der Waals surface area contributed by atoms with E-state index >= 15 is 0 Å². The first kappa shape index (κ1) is 12.0. The molecule has 0 bridgehead atoms. The van der Waals surface area contributed by atoms with Crippen LogP contribution in [0.5, 0.6) is 0 Å². The van der Waals surface area contributed by atoms with Crippen LogP contribution in [-0.4, -0.2) is 57.9 Å². The first-order valence-electron chi connectivity index (χ1n) is 5.68. The fraction of sp³-hybridized carbons (Fsp3) is 0.727. The molecule has 2 fully saturated rings. The second kappa shape index (κ2) is 3.80. The molecule has 1 N–H and O–H groups in total. The smallest absolute Gasteiger partial charge is 0.323 e. The third kappa shape index (κ3) is 1.63. The van der Waals surface area contributed by atoms with Crippen molar-refractivity contribution in [2.24, 2.45) is 0 Å². The number of hydrogen-bond donors (Lipinski definition) is 1. The van der Waals surface area contributed by atoms with Gasteiger partial charge in [-0.15, -0.1) is 0 Å². The molecule has 6 nitrogen and oxygen atoms in total. The van der Waals surface area contributed by atoms with Gasteiger partial charge in [0.1, 0.15) is 5.54 Å². The first-order valence-corrected chi connectivity index (χ1v) is 5.68. The summed E-state index contributed by atoms with van der Waals surface area (Å²) in [7, 11) is 1.44. The summed E-state index contributed by atoms with van der Waals surface area (Å²) in [5.74, 6) is -1.45. The van der Waals surface area contributed by atoms with Crippen molar-refractivity contribution in [3.05, 3.63) is 0 Å². The molecule has 0 aromatic rings. The number of amides is 2. The van der Waals surface area contributed by atoms with Crippen LogP contribution in [0.15, 0.2) is 0 Å². The molecule has 6 heteroatoms. The number of hydrogen-bond acceptors (Lipinski definition) is 4. The average Bonchev–Trinajstić information content (AvgIpc) is 2.76. The number of carbonyl (C=O) groups is 3.